The molecule has 0 radical (unpaired) electrons. The Kier molecular flexibility index (Phi) is 55.8. The summed E-state index contributed by atoms with van der Waals surface area (Å²) < 4.78 is 33.0. The molecule has 0 fully saturated rings. The van der Waals surface area contributed by atoms with Crippen LogP contribution in [0.25, 0.3) is 0 Å². The molecule has 0 rings (SSSR count). The summed E-state index contributed by atoms with van der Waals surface area (Å²) in [6.07, 6.45) is 81.1. The van der Waals surface area contributed by atoms with Gasteiger partial charge in [0, 0.05) is 19.4 Å². The van der Waals surface area contributed by atoms with Gasteiger partial charge in [0.15, 0.2) is 6.10 Å². The molecular formula is C64H108NO8P. The third-order valence-corrected chi connectivity index (χ3v) is 13.1. The lowest BCUT2D eigenvalue weighted by atomic mass is 10.0. The zero-order valence-electron chi connectivity index (χ0n) is 47.0. The zero-order valence-corrected chi connectivity index (χ0v) is 47.9. The summed E-state index contributed by atoms with van der Waals surface area (Å²) in [5.74, 6) is -0.839. The number of phosphoric ester groups is 1. The van der Waals surface area contributed by atoms with Gasteiger partial charge in [0.25, 0.3) is 0 Å². The quantitative estimate of drug-likeness (QED) is 0.0264. The Hall–Kier alpha value is -3.59. The molecule has 422 valence electrons. The Morgan fingerprint density at radius 3 is 1.11 bits per heavy atom. The van der Waals surface area contributed by atoms with E-state index in [-0.39, 0.29) is 38.6 Å². The van der Waals surface area contributed by atoms with Gasteiger partial charge in [0.2, 0.25) is 0 Å². The molecule has 74 heavy (non-hydrogen) atoms. The first-order valence-corrected chi connectivity index (χ1v) is 31.0. The first kappa shape index (κ1) is 70.4. The summed E-state index contributed by atoms with van der Waals surface area (Å²) in [7, 11) is -4.39. The highest BCUT2D eigenvalue weighted by molar-refractivity contribution is 7.47. The van der Waals surface area contributed by atoms with Crippen LogP contribution in [0.15, 0.2) is 122 Å². The molecule has 0 bridgehead atoms. The van der Waals surface area contributed by atoms with Gasteiger partial charge in [-0.1, -0.05) is 257 Å². The van der Waals surface area contributed by atoms with Crippen molar-refractivity contribution in [2.75, 3.05) is 26.4 Å². The van der Waals surface area contributed by atoms with Crippen molar-refractivity contribution in [2.45, 2.75) is 245 Å². The molecule has 0 amide bonds. The van der Waals surface area contributed by atoms with Gasteiger partial charge < -0.3 is 20.1 Å². The van der Waals surface area contributed by atoms with Crippen molar-refractivity contribution in [3.05, 3.63) is 122 Å². The molecule has 0 aromatic carbocycles. The summed E-state index contributed by atoms with van der Waals surface area (Å²) in [4.78, 5) is 35.1. The predicted molar refractivity (Wildman–Crippen MR) is 316 cm³/mol. The van der Waals surface area contributed by atoms with Gasteiger partial charge in [-0.2, -0.15) is 0 Å². The molecule has 0 aliphatic rings. The normalized spacial score (nSPS) is 13.9. The van der Waals surface area contributed by atoms with Gasteiger partial charge in [-0.3, -0.25) is 18.6 Å². The van der Waals surface area contributed by atoms with E-state index < -0.39 is 26.5 Å². The molecule has 2 atom stereocenters. The van der Waals surface area contributed by atoms with E-state index in [1.54, 1.807) is 0 Å². The van der Waals surface area contributed by atoms with Crippen LogP contribution in [-0.2, 0) is 32.7 Å². The molecule has 0 saturated heterocycles. The molecule has 0 heterocycles. The Balaban J connectivity index is 3.98. The molecule has 0 aliphatic heterocycles. The molecule has 0 aromatic rings. The molecule has 0 spiro atoms. The number of phosphoric acid groups is 1. The van der Waals surface area contributed by atoms with Crippen molar-refractivity contribution in [1.82, 2.24) is 0 Å². The van der Waals surface area contributed by atoms with Crippen LogP contribution in [0, 0.1) is 0 Å². The second-order valence-corrected chi connectivity index (χ2v) is 20.6. The second kappa shape index (κ2) is 58.7. The fraction of sp³-hybridized carbons (Fsp3) is 0.656. The van der Waals surface area contributed by atoms with E-state index in [0.29, 0.717) is 6.42 Å². The van der Waals surface area contributed by atoms with Crippen molar-refractivity contribution in [3.8, 4) is 0 Å². The van der Waals surface area contributed by atoms with Crippen LogP contribution in [0.1, 0.15) is 239 Å². The smallest absolute Gasteiger partial charge is 0.462 e. The Bertz CT molecular complexity index is 1620. The number of esters is 2. The summed E-state index contributed by atoms with van der Waals surface area (Å²) in [5.41, 5.74) is 5.37. The van der Waals surface area contributed by atoms with E-state index in [4.69, 9.17) is 24.3 Å². The topological polar surface area (TPSA) is 134 Å². The average Bonchev–Trinajstić information content (AvgIpc) is 3.39. The third-order valence-electron chi connectivity index (χ3n) is 12.1. The van der Waals surface area contributed by atoms with Gasteiger partial charge in [0.1, 0.15) is 6.61 Å². The molecule has 9 nitrogen and oxygen atoms in total. The summed E-state index contributed by atoms with van der Waals surface area (Å²) in [5, 5.41) is 0. The van der Waals surface area contributed by atoms with E-state index in [9.17, 15) is 19.0 Å². The van der Waals surface area contributed by atoms with Crippen molar-refractivity contribution in [1.29, 1.82) is 0 Å². The van der Waals surface area contributed by atoms with E-state index in [1.165, 1.54) is 96.3 Å². The fourth-order valence-corrected chi connectivity index (χ4v) is 8.55. The highest BCUT2D eigenvalue weighted by Crippen LogP contribution is 2.43. The Labute approximate surface area is 453 Å². The van der Waals surface area contributed by atoms with Crippen LogP contribution in [0.2, 0.25) is 0 Å². The largest absolute Gasteiger partial charge is 0.472 e. The van der Waals surface area contributed by atoms with Gasteiger partial charge in [0.05, 0.1) is 13.2 Å². The minimum atomic E-state index is -4.39. The van der Waals surface area contributed by atoms with E-state index in [2.05, 4.69) is 135 Å². The standard InChI is InChI=1S/C64H108NO8P/c1-3-5-7-9-11-13-15-17-19-20-21-22-23-24-25-26-27-28-29-30-31-32-33-34-35-36-37-38-39-40-41-42-43-45-47-49-51-53-55-57-64(67)73-62(61-72-74(68,69)71-59-58-65)60-70-63(66)56-54-52-50-48-46-44-18-16-14-12-10-8-6-4-2/h5,7,11,13,17,19,21-22,24-25,27-28,30-31,33-34,36-37,39-40,62H,3-4,6,8-10,12,14-16,18,20,23,26,29,32,35,38,41-61,65H2,1-2H3,(H,68,69)/b7-5-,13-11-,19-17-,22-21-,25-24-,28-27-,31-30-,34-33-,37-36-,40-39-. The van der Waals surface area contributed by atoms with Crippen molar-refractivity contribution in [2.24, 2.45) is 5.73 Å². The van der Waals surface area contributed by atoms with Gasteiger partial charge in [-0.05, 0) is 89.9 Å². The number of rotatable bonds is 54. The Morgan fingerprint density at radius 1 is 0.419 bits per heavy atom. The van der Waals surface area contributed by atoms with Crippen LogP contribution in [0.4, 0.5) is 0 Å². The number of ether oxygens (including phenoxy) is 2. The van der Waals surface area contributed by atoms with Crippen molar-refractivity contribution < 1.29 is 37.6 Å². The van der Waals surface area contributed by atoms with Gasteiger partial charge in [-0.25, -0.2) is 4.57 Å². The molecule has 2 unspecified atom stereocenters. The maximum Gasteiger partial charge on any atom is 0.472 e. The van der Waals surface area contributed by atoms with Crippen LogP contribution < -0.4 is 5.73 Å². The van der Waals surface area contributed by atoms with E-state index in [1.807, 2.05) is 0 Å². The first-order valence-electron chi connectivity index (χ1n) is 29.5. The van der Waals surface area contributed by atoms with Crippen LogP contribution in [0.5, 0.6) is 0 Å². The maximum absolute atomic E-state index is 12.7. The average molecular weight is 1050 g/mol. The lowest BCUT2D eigenvalue weighted by Gasteiger charge is -2.19. The molecule has 0 aliphatic carbocycles. The monoisotopic (exact) mass is 1050 g/mol. The number of nitrogens with two attached hydrogens (primary N) is 1. The first-order chi connectivity index (χ1) is 36.3. The number of hydrogen-bond acceptors (Lipinski definition) is 8. The highest BCUT2D eigenvalue weighted by atomic mass is 31.2. The summed E-state index contributed by atoms with van der Waals surface area (Å²) in [6, 6.07) is 0. The molecule has 3 N–H and O–H groups in total. The minimum Gasteiger partial charge on any atom is -0.462 e. The lowest BCUT2D eigenvalue weighted by molar-refractivity contribution is -0.161. The van der Waals surface area contributed by atoms with Gasteiger partial charge in [-0.15, -0.1) is 0 Å². The zero-order chi connectivity index (χ0) is 53.8. The number of unbranched alkanes of at least 4 members (excludes halogenated alkanes) is 21. The third kappa shape index (κ3) is 57.7. The number of carbonyl (C=O) groups is 2. The highest BCUT2D eigenvalue weighted by Gasteiger charge is 2.26. The maximum atomic E-state index is 12.7. The molecule has 0 aromatic heterocycles. The lowest BCUT2D eigenvalue weighted by Crippen LogP contribution is -2.29. The molecular weight excluding hydrogens is 942 g/mol. The minimum absolute atomic E-state index is 0.0478. The Morgan fingerprint density at radius 2 is 0.743 bits per heavy atom. The fourth-order valence-electron chi connectivity index (χ4n) is 7.78. The number of hydrogen-bond donors (Lipinski definition) is 2. The van der Waals surface area contributed by atoms with Crippen LogP contribution >= 0.6 is 7.82 Å². The number of carbonyl (C=O) groups excluding carboxylic acids is 2. The SMILES string of the molecule is CC/C=C\C/C=C\C/C=C\C/C=C\C/C=C\C/C=C\C/C=C\C/C=C\C/C=C\C/C=C\CCCCCCCCCCC(=O)OC(COC(=O)CCCCCCCCCCCCCCCC)COP(=O)(O)OCCN. The van der Waals surface area contributed by atoms with Crippen LogP contribution in [-0.4, -0.2) is 49.3 Å². The molecule has 0 saturated carbocycles. The summed E-state index contributed by atoms with van der Waals surface area (Å²) >= 11 is 0. The molecule has 10 heteroatoms. The number of allylic oxidation sites excluding steroid dienone is 20. The van der Waals surface area contributed by atoms with Gasteiger partial charge >= 0.3 is 19.8 Å². The van der Waals surface area contributed by atoms with E-state index >= 15 is 0 Å². The van der Waals surface area contributed by atoms with Crippen LogP contribution in [0.3, 0.4) is 0 Å². The van der Waals surface area contributed by atoms with Crippen molar-refractivity contribution in [3.63, 3.8) is 0 Å². The second-order valence-electron chi connectivity index (χ2n) is 19.1. The van der Waals surface area contributed by atoms with Crippen molar-refractivity contribution >= 4 is 19.8 Å². The van der Waals surface area contributed by atoms with E-state index in [0.717, 1.165) is 109 Å². The predicted octanol–water partition coefficient (Wildman–Crippen LogP) is 18.8. The summed E-state index contributed by atoms with van der Waals surface area (Å²) in [6.45, 7) is 3.62.